The standard InChI is InChI=1S/C18H36N2O4.C7H8O3S/c1-9-12(4)16(20-17(22)15(19)11(2)3)13(23-8)10-14(21)24-18(5,6)7;1-6-2-4-7(5-3-6)11(8,9)10/h11-13,15-16H,9-10,19H2,1-8H3,(H,20,22);2-5H,1H3,(H,8,9,10)/t12-,13+,15-,16-;/m0./s1. The fraction of sp³-hybridized carbons (Fsp3) is 0.680. The first-order valence-corrected chi connectivity index (χ1v) is 13.2. The molecule has 35 heavy (non-hydrogen) atoms. The second-order valence-corrected chi connectivity index (χ2v) is 11.5. The Hall–Kier alpha value is -2.01. The van der Waals surface area contributed by atoms with Crippen LogP contribution in [0.5, 0.6) is 0 Å². The van der Waals surface area contributed by atoms with Crippen molar-refractivity contribution >= 4 is 22.0 Å². The number of hydrogen-bond donors (Lipinski definition) is 3. The van der Waals surface area contributed by atoms with Gasteiger partial charge in [0, 0.05) is 7.11 Å². The average molecular weight is 517 g/mol. The van der Waals surface area contributed by atoms with Gasteiger partial charge in [-0.3, -0.25) is 14.1 Å². The normalized spacial score (nSPS) is 15.3. The summed E-state index contributed by atoms with van der Waals surface area (Å²) in [6.07, 6.45) is 0.467. The van der Waals surface area contributed by atoms with E-state index in [1.165, 1.54) is 12.1 Å². The highest BCUT2D eigenvalue weighted by atomic mass is 32.2. The molecule has 10 heteroatoms. The zero-order valence-corrected chi connectivity index (χ0v) is 23.3. The van der Waals surface area contributed by atoms with Crippen molar-refractivity contribution < 1.29 is 32.0 Å². The van der Waals surface area contributed by atoms with E-state index in [4.69, 9.17) is 19.8 Å². The SMILES string of the molecule is CC[C@H](C)[C@H](NC(=O)[C@@H](N)C(C)C)[C@@H](CC(=O)OC(C)(C)C)OC.Cc1ccc(S(=O)(=O)O)cc1. The third-order valence-corrected chi connectivity index (χ3v) is 6.26. The van der Waals surface area contributed by atoms with Crippen LogP contribution in [-0.2, 0) is 29.2 Å². The molecule has 9 nitrogen and oxygen atoms in total. The predicted octanol–water partition coefficient (Wildman–Crippen LogP) is 3.49. The highest BCUT2D eigenvalue weighted by molar-refractivity contribution is 7.85. The predicted molar refractivity (Wildman–Crippen MR) is 136 cm³/mol. The minimum absolute atomic E-state index is 0.0365. The van der Waals surface area contributed by atoms with Gasteiger partial charge in [-0.1, -0.05) is 51.8 Å². The number of aryl methyl sites for hydroxylation is 1. The van der Waals surface area contributed by atoms with E-state index in [9.17, 15) is 18.0 Å². The smallest absolute Gasteiger partial charge is 0.309 e. The van der Waals surface area contributed by atoms with Gasteiger partial charge in [-0.15, -0.1) is 0 Å². The third-order valence-electron chi connectivity index (χ3n) is 5.40. The highest BCUT2D eigenvalue weighted by Crippen LogP contribution is 2.19. The summed E-state index contributed by atoms with van der Waals surface area (Å²) < 4.78 is 40.4. The fourth-order valence-corrected chi connectivity index (χ4v) is 3.51. The van der Waals surface area contributed by atoms with E-state index >= 15 is 0 Å². The van der Waals surface area contributed by atoms with Gasteiger partial charge in [0.15, 0.2) is 0 Å². The topological polar surface area (TPSA) is 145 Å². The lowest BCUT2D eigenvalue weighted by Crippen LogP contribution is -2.54. The van der Waals surface area contributed by atoms with Crippen LogP contribution in [0.4, 0.5) is 0 Å². The monoisotopic (exact) mass is 516 g/mol. The molecule has 0 aliphatic carbocycles. The number of esters is 1. The van der Waals surface area contributed by atoms with Crippen LogP contribution in [-0.4, -0.2) is 55.7 Å². The molecule has 4 atom stereocenters. The summed E-state index contributed by atoms with van der Waals surface area (Å²) in [7, 11) is -2.48. The van der Waals surface area contributed by atoms with Gasteiger partial charge in [0.05, 0.1) is 29.5 Å². The van der Waals surface area contributed by atoms with Gasteiger partial charge in [0.25, 0.3) is 10.1 Å². The van der Waals surface area contributed by atoms with E-state index in [1.54, 1.807) is 19.2 Å². The van der Waals surface area contributed by atoms with Crippen LogP contribution in [0.3, 0.4) is 0 Å². The fourth-order valence-electron chi connectivity index (χ4n) is 3.03. The number of nitrogens with one attached hydrogen (secondary N) is 1. The van der Waals surface area contributed by atoms with Crippen LogP contribution in [0.15, 0.2) is 29.2 Å². The second kappa shape index (κ2) is 14.5. The minimum atomic E-state index is -4.02. The van der Waals surface area contributed by atoms with Crippen LogP contribution in [0.1, 0.15) is 66.9 Å². The zero-order chi connectivity index (χ0) is 27.6. The molecule has 0 saturated carbocycles. The maximum atomic E-state index is 12.3. The lowest BCUT2D eigenvalue weighted by molar-refractivity contribution is -0.158. The summed E-state index contributed by atoms with van der Waals surface area (Å²) in [4.78, 5) is 24.4. The number of amides is 1. The Labute approximate surface area is 210 Å². The number of ether oxygens (including phenoxy) is 2. The van der Waals surface area contributed by atoms with Crippen molar-refractivity contribution in [1.29, 1.82) is 0 Å². The number of carbonyl (C=O) groups excluding carboxylic acids is 2. The molecule has 0 heterocycles. The molecular formula is C25H44N2O7S. The Bertz CT molecular complexity index is 893. The summed E-state index contributed by atoms with van der Waals surface area (Å²) >= 11 is 0. The first kappa shape index (κ1) is 33.0. The Balaban J connectivity index is 0.000000867. The van der Waals surface area contributed by atoms with Gasteiger partial charge >= 0.3 is 5.97 Å². The molecule has 202 valence electrons. The highest BCUT2D eigenvalue weighted by Gasteiger charge is 2.32. The van der Waals surface area contributed by atoms with Gasteiger partial charge in [0.2, 0.25) is 5.91 Å². The van der Waals surface area contributed by atoms with E-state index < -0.39 is 27.9 Å². The molecule has 0 aliphatic heterocycles. The van der Waals surface area contributed by atoms with E-state index in [-0.39, 0.29) is 41.1 Å². The number of nitrogens with two attached hydrogens (primary N) is 1. The Morgan fingerprint density at radius 3 is 2.00 bits per heavy atom. The molecule has 0 unspecified atom stereocenters. The van der Waals surface area contributed by atoms with Gasteiger partial charge in [-0.05, 0) is 51.7 Å². The van der Waals surface area contributed by atoms with Crippen molar-refractivity contribution in [3.63, 3.8) is 0 Å². The van der Waals surface area contributed by atoms with Crippen LogP contribution in [0, 0.1) is 18.8 Å². The van der Waals surface area contributed by atoms with Crippen molar-refractivity contribution in [2.75, 3.05) is 7.11 Å². The van der Waals surface area contributed by atoms with Crippen LogP contribution in [0.25, 0.3) is 0 Å². The lowest BCUT2D eigenvalue weighted by Gasteiger charge is -2.33. The van der Waals surface area contributed by atoms with Crippen LogP contribution < -0.4 is 11.1 Å². The molecule has 1 aromatic rings. The number of hydrogen-bond acceptors (Lipinski definition) is 7. The Morgan fingerprint density at radius 2 is 1.63 bits per heavy atom. The van der Waals surface area contributed by atoms with E-state index in [1.807, 2.05) is 55.4 Å². The summed E-state index contributed by atoms with van der Waals surface area (Å²) in [5.41, 5.74) is 6.34. The molecule has 0 aromatic heterocycles. The van der Waals surface area contributed by atoms with E-state index in [2.05, 4.69) is 5.32 Å². The Morgan fingerprint density at radius 1 is 1.11 bits per heavy atom. The van der Waals surface area contributed by atoms with E-state index in [0.717, 1.165) is 12.0 Å². The molecule has 0 fully saturated rings. The quantitative estimate of drug-likeness (QED) is 0.316. The molecule has 4 N–H and O–H groups in total. The van der Waals surface area contributed by atoms with Crippen molar-refractivity contribution in [2.24, 2.45) is 17.6 Å². The van der Waals surface area contributed by atoms with Crippen molar-refractivity contribution in [3.05, 3.63) is 29.8 Å². The molecule has 0 bridgehead atoms. The van der Waals surface area contributed by atoms with Gasteiger partial charge in [0.1, 0.15) is 5.60 Å². The van der Waals surface area contributed by atoms with Crippen LogP contribution in [0.2, 0.25) is 0 Å². The van der Waals surface area contributed by atoms with Gasteiger partial charge < -0.3 is 20.5 Å². The summed E-state index contributed by atoms with van der Waals surface area (Å²) in [6.45, 7) is 15.2. The first-order chi connectivity index (χ1) is 15.9. The van der Waals surface area contributed by atoms with Gasteiger partial charge in [-0.25, -0.2) is 0 Å². The molecule has 1 aromatic carbocycles. The molecular weight excluding hydrogens is 472 g/mol. The first-order valence-electron chi connectivity index (χ1n) is 11.8. The number of rotatable bonds is 10. The molecule has 1 rings (SSSR count). The summed E-state index contributed by atoms with van der Waals surface area (Å²) in [6, 6.07) is 5.10. The molecule has 1 amide bonds. The largest absolute Gasteiger partial charge is 0.460 e. The van der Waals surface area contributed by atoms with Crippen LogP contribution >= 0.6 is 0 Å². The third kappa shape index (κ3) is 13.0. The summed E-state index contributed by atoms with van der Waals surface area (Å²) in [5.74, 6) is -0.387. The lowest BCUT2D eigenvalue weighted by atomic mass is 9.91. The maximum Gasteiger partial charge on any atom is 0.309 e. The summed E-state index contributed by atoms with van der Waals surface area (Å²) in [5, 5.41) is 2.97. The molecule has 0 aliphatic rings. The number of carbonyl (C=O) groups is 2. The number of benzene rings is 1. The molecule has 0 spiro atoms. The average Bonchev–Trinajstić information content (AvgIpc) is 2.73. The van der Waals surface area contributed by atoms with E-state index in [0.29, 0.717) is 0 Å². The van der Waals surface area contributed by atoms with Gasteiger partial charge in [-0.2, -0.15) is 8.42 Å². The second-order valence-electron chi connectivity index (χ2n) is 10.0. The van der Waals surface area contributed by atoms with Crippen molar-refractivity contribution in [1.82, 2.24) is 5.32 Å². The van der Waals surface area contributed by atoms with Crippen molar-refractivity contribution in [2.45, 2.75) is 96.9 Å². The maximum absolute atomic E-state index is 12.3. The molecule has 0 saturated heterocycles. The Kier molecular flexibility index (Phi) is 13.7. The minimum Gasteiger partial charge on any atom is -0.460 e. The van der Waals surface area contributed by atoms with Crippen molar-refractivity contribution in [3.8, 4) is 0 Å². The number of methoxy groups -OCH3 is 1. The zero-order valence-electron chi connectivity index (χ0n) is 22.5. The molecule has 0 radical (unpaired) electrons.